The summed E-state index contributed by atoms with van der Waals surface area (Å²) < 4.78 is 0. The molecule has 1 atom stereocenters. The normalized spacial score (nSPS) is 11.8. The Hall–Kier alpha value is -2.11. The molecular weight excluding hydrogens is 246 g/mol. The number of carbonyl (C=O) groups is 2. The molecule has 1 amide bonds. The minimum Gasteiger partial charge on any atom is -0.480 e. The van der Waals surface area contributed by atoms with Crippen molar-refractivity contribution in [3.63, 3.8) is 0 Å². The average Bonchev–Trinajstić information content (AvgIpc) is 2.38. The first kappa shape index (κ1) is 14.9. The Morgan fingerprint density at radius 3 is 2.47 bits per heavy atom. The Bertz CT molecular complexity index is 474. The van der Waals surface area contributed by atoms with E-state index in [2.05, 4.69) is 4.98 Å². The first-order chi connectivity index (χ1) is 8.88. The van der Waals surface area contributed by atoms with Gasteiger partial charge in [-0.2, -0.15) is 0 Å². The molecule has 1 aromatic rings. The molecule has 0 saturated carbocycles. The van der Waals surface area contributed by atoms with Gasteiger partial charge in [0.25, 0.3) is 5.91 Å². The number of carbonyl (C=O) groups excluding carboxylic acids is 1. The summed E-state index contributed by atoms with van der Waals surface area (Å²) in [5.74, 6) is -1.10. The van der Waals surface area contributed by atoms with Crippen molar-refractivity contribution in [1.29, 1.82) is 0 Å². The second-order valence-corrected chi connectivity index (χ2v) is 4.47. The van der Waals surface area contributed by atoms with E-state index in [0.717, 1.165) is 0 Å². The van der Waals surface area contributed by atoms with Crippen LogP contribution in [0.4, 0.5) is 5.69 Å². The van der Waals surface area contributed by atoms with Crippen molar-refractivity contribution in [3.8, 4) is 0 Å². The number of amides is 1. The Morgan fingerprint density at radius 1 is 1.37 bits per heavy atom. The van der Waals surface area contributed by atoms with E-state index in [-0.39, 0.29) is 5.91 Å². The molecule has 19 heavy (non-hydrogen) atoms. The number of aliphatic carboxylic acids is 1. The molecule has 6 nitrogen and oxygen atoms in total. The van der Waals surface area contributed by atoms with E-state index in [9.17, 15) is 9.59 Å². The van der Waals surface area contributed by atoms with Crippen molar-refractivity contribution < 1.29 is 14.7 Å². The molecule has 0 fully saturated rings. The first-order valence-electron chi connectivity index (χ1n) is 6.01. The average molecular weight is 265 g/mol. The van der Waals surface area contributed by atoms with E-state index >= 15 is 0 Å². The van der Waals surface area contributed by atoms with Gasteiger partial charge in [-0.15, -0.1) is 0 Å². The van der Waals surface area contributed by atoms with Gasteiger partial charge in [-0.25, -0.2) is 4.79 Å². The Balaban J connectivity index is 3.05. The Kier molecular flexibility index (Phi) is 4.86. The number of aromatic nitrogens is 1. The van der Waals surface area contributed by atoms with Gasteiger partial charge in [0.2, 0.25) is 0 Å². The molecule has 1 heterocycles. The molecule has 0 aliphatic rings. The van der Waals surface area contributed by atoms with Crippen LogP contribution in [0.1, 0.15) is 23.8 Å². The monoisotopic (exact) mass is 265 g/mol. The fourth-order valence-electron chi connectivity index (χ4n) is 1.78. The third-order valence-corrected chi connectivity index (χ3v) is 2.92. The molecule has 0 saturated heterocycles. The number of nitrogens with zero attached hydrogens (tertiary/aromatic N) is 3. The van der Waals surface area contributed by atoms with Crippen molar-refractivity contribution in [1.82, 2.24) is 9.88 Å². The van der Waals surface area contributed by atoms with Crippen molar-refractivity contribution in [2.24, 2.45) is 0 Å². The molecule has 0 spiro atoms. The van der Waals surface area contributed by atoms with Crippen LogP contribution in [0.3, 0.4) is 0 Å². The highest BCUT2D eigenvalue weighted by atomic mass is 16.4. The highest BCUT2D eigenvalue weighted by molar-refractivity contribution is 5.93. The third kappa shape index (κ3) is 3.43. The number of hydrogen-bond donors (Lipinski definition) is 1. The quantitative estimate of drug-likeness (QED) is 0.862. The van der Waals surface area contributed by atoms with Gasteiger partial charge in [-0.3, -0.25) is 9.78 Å². The van der Waals surface area contributed by atoms with Crippen LogP contribution in [0.25, 0.3) is 0 Å². The minimum absolute atomic E-state index is 0.210. The van der Waals surface area contributed by atoms with Gasteiger partial charge in [0.15, 0.2) is 0 Å². The molecule has 0 aromatic carbocycles. The zero-order chi connectivity index (χ0) is 14.6. The van der Waals surface area contributed by atoms with Crippen LogP contribution < -0.4 is 4.90 Å². The smallest absolute Gasteiger partial charge is 0.326 e. The summed E-state index contributed by atoms with van der Waals surface area (Å²) in [5.41, 5.74) is 0.962. The summed E-state index contributed by atoms with van der Waals surface area (Å²) in [6.07, 6.45) is 1.99. The summed E-state index contributed by atoms with van der Waals surface area (Å²) in [6.45, 7) is 1.81. The SMILES string of the molecule is CCC(C(=O)O)N(C)c1ccnc(C(=O)N(C)C)c1. The Labute approximate surface area is 112 Å². The van der Waals surface area contributed by atoms with E-state index in [1.165, 1.54) is 11.1 Å². The lowest BCUT2D eigenvalue weighted by atomic mass is 10.1. The van der Waals surface area contributed by atoms with Crippen LogP contribution in [-0.2, 0) is 4.79 Å². The molecular formula is C13H19N3O3. The second kappa shape index (κ2) is 6.17. The minimum atomic E-state index is -0.887. The maximum atomic E-state index is 11.8. The molecule has 1 aromatic heterocycles. The summed E-state index contributed by atoms with van der Waals surface area (Å²) in [5, 5.41) is 9.14. The third-order valence-electron chi connectivity index (χ3n) is 2.92. The predicted molar refractivity (Wildman–Crippen MR) is 72.4 cm³/mol. The Morgan fingerprint density at radius 2 is 2.00 bits per heavy atom. The zero-order valence-corrected chi connectivity index (χ0v) is 11.6. The van der Waals surface area contributed by atoms with Crippen molar-refractivity contribution in [2.45, 2.75) is 19.4 Å². The zero-order valence-electron chi connectivity index (χ0n) is 11.6. The van der Waals surface area contributed by atoms with Crippen LogP contribution in [0.15, 0.2) is 18.3 Å². The molecule has 6 heteroatoms. The van der Waals surface area contributed by atoms with Crippen molar-refractivity contribution in [2.75, 3.05) is 26.0 Å². The van der Waals surface area contributed by atoms with Gasteiger partial charge in [-0.1, -0.05) is 6.92 Å². The number of rotatable bonds is 5. The van der Waals surface area contributed by atoms with Crippen molar-refractivity contribution >= 4 is 17.6 Å². The van der Waals surface area contributed by atoms with E-state index in [1.807, 2.05) is 6.92 Å². The summed E-state index contributed by atoms with van der Waals surface area (Å²) in [4.78, 5) is 30.0. The first-order valence-corrected chi connectivity index (χ1v) is 6.01. The van der Waals surface area contributed by atoms with E-state index < -0.39 is 12.0 Å². The van der Waals surface area contributed by atoms with Gasteiger partial charge in [0, 0.05) is 33.0 Å². The highest BCUT2D eigenvalue weighted by Gasteiger charge is 2.21. The second-order valence-electron chi connectivity index (χ2n) is 4.47. The molecule has 0 aliphatic heterocycles. The lowest BCUT2D eigenvalue weighted by Crippen LogP contribution is -2.38. The number of pyridine rings is 1. The fourth-order valence-corrected chi connectivity index (χ4v) is 1.78. The van der Waals surface area contributed by atoms with Crippen LogP contribution in [0.2, 0.25) is 0 Å². The van der Waals surface area contributed by atoms with Crippen LogP contribution in [-0.4, -0.2) is 54.1 Å². The van der Waals surface area contributed by atoms with Crippen LogP contribution in [0.5, 0.6) is 0 Å². The van der Waals surface area contributed by atoms with Gasteiger partial charge in [0.1, 0.15) is 11.7 Å². The van der Waals surface area contributed by atoms with Crippen molar-refractivity contribution in [3.05, 3.63) is 24.0 Å². The van der Waals surface area contributed by atoms with E-state index in [0.29, 0.717) is 17.8 Å². The van der Waals surface area contributed by atoms with Gasteiger partial charge in [-0.05, 0) is 18.6 Å². The van der Waals surface area contributed by atoms with Gasteiger partial charge >= 0.3 is 5.97 Å². The summed E-state index contributed by atoms with van der Waals surface area (Å²) >= 11 is 0. The molecule has 0 bridgehead atoms. The topological polar surface area (TPSA) is 73.7 Å². The number of anilines is 1. The maximum absolute atomic E-state index is 11.8. The predicted octanol–water partition coefficient (Wildman–Crippen LogP) is 1.08. The lowest BCUT2D eigenvalue weighted by molar-refractivity contribution is -0.138. The number of likely N-dealkylation sites (N-methyl/N-ethyl adjacent to an activating group) is 1. The molecule has 1 N–H and O–H groups in total. The van der Waals surface area contributed by atoms with Gasteiger partial charge in [0.05, 0.1) is 0 Å². The fraction of sp³-hybridized carbons (Fsp3) is 0.462. The lowest BCUT2D eigenvalue weighted by Gasteiger charge is -2.26. The molecule has 0 radical (unpaired) electrons. The van der Waals surface area contributed by atoms with E-state index in [1.54, 1.807) is 38.2 Å². The molecule has 104 valence electrons. The van der Waals surface area contributed by atoms with Crippen LogP contribution in [0, 0.1) is 0 Å². The molecule has 1 unspecified atom stereocenters. The standard InChI is InChI=1S/C13H19N3O3/c1-5-11(13(18)19)16(4)9-6-7-14-10(8-9)12(17)15(2)3/h6-8,11H,5H2,1-4H3,(H,18,19). The number of hydrogen-bond acceptors (Lipinski definition) is 4. The summed E-state index contributed by atoms with van der Waals surface area (Å²) in [7, 11) is 4.99. The number of carboxylic acids is 1. The van der Waals surface area contributed by atoms with Gasteiger partial charge < -0.3 is 14.9 Å². The highest BCUT2D eigenvalue weighted by Crippen LogP contribution is 2.18. The largest absolute Gasteiger partial charge is 0.480 e. The summed E-state index contributed by atoms with van der Waals surface area (Å²) in [6, 6.07) is 2.68. The maximum Gasteiger partial charge on any atom is 0.326 e. The molecule has 0 aliphatic carbocycles. The molecule has 1 rings (SSSR count). The van der Waals surface area contributed by atoms with Crippen LogP contribution >= 0.6 is 0 Å². The van der Waals surface area contributed by atoms with E-state index in [4.69, 9.17) is 5.11 Å². The number of carboxylic acid groups (broad SMARTS) is 1.